The summed E-state index contributed by atoms with van der Waals surface area (Å²) in [5.41, 5.74) is 3.03. The summed E-state index contributed by atoms with van der Waals surface area (Å²) in [6.45, 7) is 1.92. The molecule has 1 N–H and O–H groups in total. The molecular weight excluding hydrogens is 385 g/mol. The number of fused-ring (bicyclic) bond motifs is 2. The number of aryl methyl sites for hydroxylation is 1. The minimum absolute atomic E-state index is 0.263. The average molecular weight is 394 g/mol. The van der Waals surface area contributed by atoms with E-state index in [1.807, 2.05) is 25.1 Å². The van der Waals surface area contributed by atoms with Crippen molar-refractivity contribution in [3.63, 3.8) is 0 Å². The highest BCUT2D eigenvalue weighted by molar-refractivity contribution is 7.21. The highest BCUT2D eigenvalue weighted by atomic mass is 35.5. The van der Waals surface area contributed by atoms with E-state index in [0.717, 1.165) is 32.9 Å². The lowest BCUT2D eigenvalue weighted by atomic mass is 10.1. The summed E-state index contributed by atoms with van der Waals surface area (Å²) in [5.74, 6) is -0.263. The predicted octanol–water partition coefficient (Wildman–Crippen LogP) is 5.77. The van der Waals surface area contributed by atoms with Crippen LogP contribution in [-0.4, -0.2) is 14.7 Å². The van der Waals surface area contributed by atoms with Crippen molar-refractivity contribution in [1.82, 2.24) is 8.75 Å². The predicted molar refractivity (Wildman–Crippen MR) is 102 cm³/mol. The third-order valence-corrected chi connectivity index (χ3v) is 6.11. The average Bonchev–Trinajstić information content (AvgIpc) is 3.15. The molecule has 24 heavy (non-hydrogen) atoms. The minimum Gasteiger partial charge on any atom is -0.319 e. The summed E-state index contributed by atoms with van der Waals surface area (Å²) in [5, 5.41) is 4.80. The Morgan fingerprint density at radius 1 is 1.17 bits per heavy atom. The van der Waals surface area contributed by atoms with Crippen LogP contribution in [-0.2, 0) is 0 Å². The normalized spacial score (nSPS) is 11.3. The smallest absolute Gasteiger partial charge is 0.267 e. The number of carbonyl (C=O) groups excluding carboxylic acids is 1. The van der Waals surface area contributed by atoms with Crippen LogP contribution in [0.25, 0.3) is 21.1 Å². The fourth-order valence-electron chi connectivity index (χ4n) is 2.47. The van der Waals surface area contributed by atoms with Crippen LogP contribution in [0.3, 0.4) is 0 Å². The molecule has 0 radical (unpaired) electrons. The fourth-order valence-corrected chi connectivity index (χ4v) is 4.70. The zero-order valence-electron chi connectivity index (χ0n) is 12.3. The molecule has 0 aliphatic rings. The number of amides is 1. The molecule has 2 aromatic carbocycles. The second-order valence-electron chi connectivity index (χ2n) is 5.23. The molecular formula is C16H9Cl2N3OS2. The summed E-state index contributed by atoms with van der Waals surface area (Å²) < 4.78 is 9.35. The highest BCUT2D eigenvalue weighted by Crippen LogP contribution is 2.37. The van der Waals surface area contributed by atoms with Gasteiger partial charge in [0.05, 0.1) is 22.4 Å². The fraction of sp³-hybridized carbons (Fsp3) is 0.0625. The molecule has 4 rings (SSSR count). The Morgan fingerprint density at radius 2 is 2.00 bits per heavy atom. The van der Waals surface area contributed by atoms with Crippen LogP contribution in [0.15, 0.2) is 30.3 Å². The third kappa shape index (κ3) is 2.56. The molecule has 0 spiro atoms. The zero-order valence-corrected chi connectivity index (χ0v) is 15.4. The third-order valence-electron chi connectivity index (χ3n) is 3.67. The molecule has 0 atom stereocenters. The Labute approximate surface area is 155 Å². The number of nitrogens with one attached hydrogen (secondary N) is 1. The van der Waals surface area contributed by atoms with E-state index in [1.54, 1.807) is 12.1 Å². The van der Waals surface area contributed by atoms with Crippen LogP contribution in [0.1, 0.15) is 15.2 Å². The number of halogens is 2. The molecule has 1 amide bonds. The first-order valence-corrected chi connectivity index (χ1v) is 9.25. The largest absolute Gasteiger partial charge is 0.319 e. The molecule has 8 heteroatoms. The molecule has 0 saturated heterocycles. The van der Waals surface area contributed by atoms with Crippen LogP contribution in [0.2, 0.25) is 10.0 Å². The lowest BCUT2D eigenvalue weighted by molar-refractivity contribution is 0.103. The first-order chi connectivity index (χ1) is 11.5. The summed E-state index contributed by atoms with van der Waals surface area (Å²) in [6, 6.07) is 9.18. The zero-order chi connectivity index (χ0) is 16.8. The van der Waals surface area contributed by atoms with Crippen molar-refractivity contribution in [2.75, 3.05) is 5.32 Å². The Bertz CT molecular complexity index is 1100. The van der Waals surface area contributed by atoms with Gasteiger partial charge in [-0.05, 0) is 30.7 Å². The molecule has 0 fully saturated rings. The van der Waals surface area contributed by atoms with Gasteiger partial charge in [-0.15, -0.1) is 11.3 Å². The van der Waals surface area contributed by atoms with Crippen LogP contribution in [0, 0.1) is 6.92 Å². The van der Waals surface area contributed by atoms with E-state index in [-0.39, 0.29) is 5.91 Å². The molecule has 0 aliphatic heterocycles. The van der Waals surface area contributed by atoms with Crippen molar-refractivity contribution in [3.8, 4) is 0 Å². The maximum absolute atomic E-state index is 12.7. The quantitative estimate of drug-likeness (QED) is 0.469. The number of benzene rings is 2. The van der Waals surface area contributed by atoms with Crippen molar-refractivity contribution < 1.29 is 4.79 Å². The second-order valence-corrected chi connectivity index (χ2v) is 7.62. The van der Waals surface area contributed by atoms with E-state index >= 15 is 0 Å². The van der Waals surface area contributed by atoms with Gasteiger partial charge in [0.2, 0.25) is 0 Å². The van der Waals surface area contributed by atoms with Crippen LogP contribution in [0.4, 0.5) is 5.69 Å². The summed E-state index contributed by atoms with van der Waals surface area (Å²) in [4.78, 5) is 13.2. The van der Waals surface area contributed by atoms with Crippen molar-refractivity contribution in [2.45, 2.75) is 6.92 Å². The number of anilines is 1. The molecule has 0 saturated carbocycles. The molecule has 4 nitrogen and oxygen atoms in total. The van der Waals surface area contributed by atoms with Crippen molar-refractivity contribution >= 4 is 79.0 Å². The summed E-state index contributed by atoms with van der Waals surface area (Å²) in [7, 11) is 0. The van der Waals surface area contributed by atoms with Gasteiger partial charge < -0.3 is 5.32 Å². The van der Waals surface area contributed by atoms with E-state index in [9.17, 15) is 4.79 Å². The number of nitrogens with zero attached hydrogens (tertiary/aromatic N) is 2. The maximum Gasteiger partial charge on any atom is 0.267 e. The van der Waals surface area contributed by atoms with Crippen LogP contribution in [0.5, 0.6) is 0 Å². The van der Waals surface area contributed by atoms with Crippen molar-refractivity contribution in [1.29, 1.82) is 0 Å². The van der Waals surface area contributed by atoms with Crippen molar-refractivity contribution in [3.05, 3.63) is 50.8 Å². The topological polar surface area (TPSA) is 54.9 Å². The first kappa shape index (κ1) is 15.8. The van der Waals surface area contributed by atoms with Crippen LogP contribution < -0.4 is 5.32 Å². The van der Waals surface area contributed by atoms with E-state index in [0.29, 0.717) is 26.1 Å². The Morgan fingerprint density at radius 3 is 2.83 bits per heavy atom. The second kappa shape index (κ2) is 5.97. The molecule has 2 aromatic heterocycles. The molecule has 120 valence electrons. The van der Waals surface area contributed by atoms with Gasteiger partial charge >= 0.3 is 0 Å². The number of thiophene rings is 1. The molecule has 2 heterocycles. The van der Waals surface area contributed by atoms with Gasteiger partial charge in [0.1, 0.15) is 15.9 Å². The van der Waals surface area contributed by atoms with E-state index in [2.05, 4.69) is 14.1 Å². The number of carbonyl (C=O) groups is 1. The molecule has 4 aromatic rings. The molecule has 0 aliphatic carbocycles. The molecule has 0 bridgehead atoms. The van der Waals surface area contributed by atoms with Gasteiger partial charge in [-0.25, -0.2) is 0 Å². The Balaban J connectivity index is 1.78. The lowest BCUT2D eigenvalue weighted by Crippen LogP contribution is -2.12. The van der Waals surface area contributed by atoms with Gasteiger partial charge in [-0.3, -0.25) is 4.79 Å². The minimum atomic E-state index is -0.263. The highest BCUT2D eigenvalue weighted by Gasteiger charge is 2.19. The Hall–Kier alpha value is -1.73. The van der Waals surface area contributed by atoms with Gasteiger partial charge in [0.25, 0.3) is 5.91 Å². The SMILES string of the molecule is Cc1ccc2nsnc2c1NC(=O)c1sc2cc(Cl)ccc2c1Cl. The number of hydrogen-bond donors (Lipinski definition) is 1. The van der Waals surface area contributed by atoms with Gasteiger partial charge in [-0.2, -0.15) is 8.75 Å². The maximum atomic E-state index is 12.7. The van der Waals surface area contributed by atoms with E-state index in [4.69, 9.17) is 23.2 Å². The Kier molecular flexibility index (Phi) is 3.92. The number of aromatic nitrogens is 2. The summed E-state index contributed by atoms with van der Waals surface area (Å²) in [6.07, 6.45) is 0. The van der Waals surface area contributed by atoms with E-state index < -0.39 is 0 Å². The summed E-state index contributed by atoms with van der Waals surface area (Å²) >= 11 is 14.8. The number of rotatable bonds is 2. The molecule has 0 unspecified atom stereocenters. The van der Waals surface area contributed by atoms with Gasteiger partial charge in [0.15, 0.2) is 0 Å². The van der Waals surface area contributed by atoms with E-state index in [1.165, 1.54) is 11.3 Å². The van der Waals surface area contributed by atoms with Gasteiger partial charge in [0, 0.05) is 15.1 Å². The van der Waals surface area contributed by atoms with Crippen molar-refractivity contribution in [2.24, 2.45) is 0 Å². The standard InChI is InChI=1S/C16H9Cl2N3OS2/c1-7-2-5-10-14(21-24-20-10)13(7)19-16(22)15-12(18)9-4-3-8(17)6-11(9)23-15/h2-6H,1H3,(H,19,22). The van der Waals surface area contributed by atoms with Gasteiger partial charge in [-0.1, -0.05) is 35.3 Å². The van der Waals surface area contributed by atoms with Crippen LogP contribution >= 0.6 is 46.3 Å². The first-order valence-electron chi connectivity index (χ1n) is 6.95. The monoisotopic (exact) mass is 393 g/mol. The number of hydrogen-bond acceptors (Lipinski definition) is 5. The lowest BCUT2D eigenvalue weighted by Gasteiger charge is -2.08.